The van der Waals surface area contributed by atoms with Crippen molar-refractivity contribution in [3.8, 4) is 11.5 Å². The minimum atomic E-state index is -1.06. The van der Waals surface area contributed by atoms with E-state index in [2.05, 4.69) is 0 Å². The van der Waals surface area contributed by atoms with E-state index in [1.807, 2.05) is 34.6 Å². The van der Waals surface area contributed by atoms with Crippen LogP contribution in [-0.2, 0) is 35.0 Å². The monoisotopic (exact) mass is 551 g/mol. The predicted molar refractivity (Wildman–Crippen MR) is 145 cm³/mol. The van der Waals surface area contributed by atoms with E-state index in [0.717, 1.165) is 0 Å². The molecule has 0 spiro atoms. The van der Waals surface area contributed by atoms with Gasteiger partial charge in [-0.05, 0) is 70.1 Å². The molecule has 2 N–H and O–H groups in total. The number of benzene rings is 1. The van der Waals surface area contributed by atoms with Crippen molar-refractivity contribution >= 4 is 24.1 Å². The third-order valence-electron chi connectivity index (χ3n) is 5.82. The van der Waals surface area contributed by atoms with Crippen molar-refractivity contribution in [2.75, 3.05) is 0 Å². The second-order valence-electron chi connectivity index (χ2n) is 11.2. The summed E-state index contributed by atoms with van der Waals surface area (Å²) in [4.78, 5) is 49.2. The molecule has 0 unspecified atom stereocenters. The Hall–Kier alpha value is -3.14. The SMILES string of the molecule is CCC(C)(C)OC(=O)O[C@@H](C)[C@H](C)OC(=O)[C@@H](N)Cc1ccc(OC(=O)CC(C)C)c(OC(=O)CC(C)C)c1. The molecule has 10 heteroatoms. The first kappa shape index (κ1) is 33.9. The molecule has 220 valence electrons. The molecular formula is C29H45NO9. The van der Waals surface area contributed by atoms with Crippen LogP contribution in [-0.4, -0.2) is 47.9 Å². The van der Waals surface area contributed by atoms with E-state index < -0.39 is 47.9 Å². The highest BCUT2D eigenvalue weighted by Crippen LogP contribution is 2.30. The van der Waals surface area contributed by atoms with Crippen molar-refractivity contribution in [1.82, 2.24) is 0 Å². The van der Waals surface area contributed by atoms with Crippen molar-refractivity contribution in [2.24, 2.45) is 17.6 Å². The summed E-state index contributed by atoms with van der Waals surface area (Å²) in [5.41, 5.74) is 5.98. The van der Waals surface area contributed by atoms with Crippen molar-refractivity contribution in [3.05, 3.63) is 23.8 Å². The fourth-order valence-electron chi connectivity index (χ4n) is 3.11. The van der Waals surface area contributed by atoms with E-state index in [-0.39, 0.29) is 42.6 Å². The summed E-state index contributed by atoms with van der Waals surface area (Å²) in [6, 6.07) is 3.60. The summed E-state index contributed by atoms with van der Waals surface area (Å²) < 4.78 is 26.8. The third kappa shape index (κ3) is 13.0. The summed E-state index contributed by atoms with van der Waals surface area (Å²) >= 11 is 0. The molecule has 0 aliphatic heterocycles. The van der Waals surface area contributed by atoms with E-state index >= 15 is 0 Å². The molecule has 0 saturated heterocycles. The Morgan fingerprint density at radius 2 is 1.33 bits per heavy atom. The number of ether oxygens (including phenoxy) is 5. The number of carbonyl (C=O) groups excluding carboxylic acids is 4. The van der Waals surface area contributed by atoms with Crippen LogP contribution in [0.1, 0.15) is 87.1 Å². The fourth-order valence-corrected chi connectivity index (χ4v) is 3.11. The van der Waals surface area contributed by atoms with E-state index in [1.54, 1.807) is 33.8 Å². The average Bonchev–Trinajstić information content (AvgIpc) is 2.79. The molecule has 1 aromatic rings. The molecule has 0 aliphatic rings. The molecule has 0 fully saturated rings. The quantitative estimate of drug-likeness (QED) is 0.245. The van der Waals surface area contributed by atoms with Gasteiger partial charge in [0, 0.05) is 12.8 Å². The van der Waals surface area contributed by atoms with E-state index in [0.29, 0.717) is 12.0 Å². The van der Waals surface area contributed by atoms with Gasteiger partial charge in [0.25, 0.3) is 0 Å². The number of hydrogen-bond donors (Lipinski definition) is 1. The maximum absolute atomic E-state index is 12.6. The predicted octanol–water partition coefficient (Wildman–Crippen LogP) is 5.12. The molecule has 0 radical (unpaired) electrons. The van der Waals surface area contributed by atoms with Gasteiger partial charge in [-0.2, -0.15) is 0 Å². The first-order chi connectivity index (χ1) is 18.0. The Morgan fingerprint density at radius 1 is 0.821 bits per heavy atom. The van der Waals surface area contributed by atoms with Crippen LogP contribution in [0.25, 0.3) is 0 Å². The minimum Gasteiger partial charge on any atom is -0.458 e. The molecule has 39 heavy (non-hydrogen) atoms. The fraction of sp³-hybridized carbons (Fsp3) is 0.655. The maximum atomic E-state index is 12.6. The van der Waals surface area contributed by atoms with E-state index in [1.165, 1.54) is 12.1 Å². The number of esters is 3. The highest BCUT2D eigenvalue weighted by Gasteiger charge is 2.28. The third-order valence-corrected chi connectivity index (χ3v) is 5.82. The number of hydrogen-bond acceptors (Lipinski definition) is 10. The van der Waals surface area contributed by atoms with Crippen molar-refractivity contribution in [1.29, 1.82) is 0 Å². The zero-order chi connectivity index (χ0) is 29.9. The van der Waals surface area contributed by atoms with Crippen molar-refractivity contribution in [3.63, 3.8) is 0 Å². The second-order valence-corrected chi connectivity index (χ2v) is 11.2. The summed E-state index contributed by atoms with van der Waals surface area (Å²) in [6.45, 7) is 16.1. The zero-order valence-electron chi connectivity index (χ0n) is 24.7. The minimum absolute atomic E-state index is 0.0580. The molecular weight excluding hydrogens is 506 g/mol. The number of rotatable bonds is 14. The van der Waals surface area contributed by atoms with Gasteiger partial charge in [-0.1, -0.05) is 40.7 Å². The lowest BCUT2D eigenvalue weighted by molar-refractivity contribution is -0.156. The Morgan fingerprint density at radius 3 is 1.85 bits per heavy atom. The zero-order valence-corrected chi connectivity index (χ0v) is 24.7. The Labute approximate surface area is 231 Å². The first-order valence-corrected chi connectivity index (χ1v) is 13.4. The summed E-state index contributed by atoms with van der Waals surface area (Å²) in [6.07, 6.45) is -1.36. The molecule has 1 rings (SSSR count). The second kappa shape index (κ2) is 15.5. The lowest BCUT2D eigenvalue weighted by Gasteiger charge is -2.26. The van der Waals surface area contributed by atoms with Gasteiger partial charge in [0.05, 0.1) is 0 Å². The van der Waals surface area contributed by atoms with Crippen LogP contribution in [0.3, 0.4) is 0 Å². The normalized spacial score (nSPS) is 13.8. The molecule has 1 aromatic carbocycles. The Kier molecular flexibility index (Phi) is 13.4. The number of carbonyl (C=O) groups is 4. The van der Waals surface area contributed by atoms with Gasteiger partial charge < -0.3 is 29.4 Å². The molecule has 0 aromatic heterocycles. The van der Waals surface area contributed by atoms with Gasteiger partial charge >= 0.3 is 24.1 Å². The maximum Gasteiger partial charge on any atom is 0.509 e. The lowest BCUT2D eigenvalue weighted by atomic mass is 10.1. The molecule has 0 saturated carbocycles. The lowest BCUT2D eigenvalue weighted by Crippen LogP contribution is -2.40. The molecule has 0 aliphatic carbocycles. The topological polar surface area (TPSA) is 140 Å². The number of nitrogens with two attached hydrogens (primary N) is 1. The van der Waals surface area contributed by atoms with Gasteiger partial charge in [0.2, 0.25) is 0 Å². The van der Waals surface area contributed by atoms with Crippen molar-refractivity contribution in [2.45, 2.75) is 112 Å². The van der Waals surface area contributed by atoms with E-state index in [4.69, 9.17) is 29.4 Å². The highest BCUT2D eigenvalue weighted by molar-refractivity contribution is 5.77. The van der Waals surface area contributed by atoms with Gasteiger partial charge in [0.1, 0.15) is 23.9 Å². The van der Waals surface area contributed by atoms with Crippen molar-refractivity contribution < 1.29 is 42.9 Å². The van der Waals surface area contributed by atoms with Crippen LogP contribution in [0.2, 0.25) is 0 Å². The summed E-state index contributed by atoms with van der Waals surface area (Å²) in [7, 11) is 0. The van der Waals surface area contributed by atoms with Crippen LogP contribution in [0.15, 0.2) is 18.2 Å². The van der Waals surface area contributed by atoms with Gasteiger partial charge in [-0.3, -0.25) is 14.4 Å². The first-order valence-electron chi connectivity index (χ1n) is 13.4. The summed E-state index contributed by atoms with van der Waals surface area (Å²) in [5, 5.41) is 0. The van der Waals surface area contributed by atoms with Crippen LogP contribution >= 0.6 is 0 Å². The largest absolute Gasteiger partial charge is 0.509 e. The Balaban J connectivity index is 2.90. The van der Waals surface area contributed by atoms with Crippen LogP contribution in [0.4, 0.5) is 4.79 Å². The van der Waals surface area contributed by atoms with Gasteiger partial charge in [-0.25, -0.2) is 4.79 Å². The average molecular weight is 552 g/mol. The summed E-state index contributed by atoms with van der Waals surface area (Å²) in [5.74, 6) is -1.29. The Bertz CT molecular complexity index is 987. The molecule has 10 nitrogen and oxygen atoms in total. The van der Waals surface area contributed by atoms with Gasteiger partial charge in [-0.15, -0.1) is 0 Å². The molecule has 0 bridgehead atoms. The van der Waals surface area contributed by atoms with Crippen LogP contribution in [0, 0.1) is 11.8 Å². The smallest absolute Gasteiger partial charge is 0.458 e. The molecule has 0 heterocycles. The van der Waals surface area contributed by atoms with Gasteiger partial charge in [0.15, 0.2) is 11.5 Å². The highest BCUT2D eigenvalue weighted by atomic mass is 16.7. The van der Waals surface area contributed by atoms with E-state index in [9.17, 15) is 19.2 Å². The molecule has 3 atom stereocenters. The standard InChI is InChI=1S/C29H45NO9/c1-10-29(8,9)39-28(34)36-20(7)19(6)35-27(33)22(30)15-21-11-12-23(37-25(31)13-17(2)3)24(16-21)38-26(32)14-18(4)5/h11-12,16-20,22H,10,13-15,30H2,1-9H3/t19-,20-,22-/m0/s1. The van der Waals surface area contributed by atoms with Crippen LogP contribution < -0.4 is 15.2 Å². The van der Waals surface area contributed by atoms with Crippen LogP contribution in [0.5, 0.6) is 11.5 Å². The molecule has 0 amide bonds.